The summed E-state index contributed by atoms with van der Waals surface area (Å²) in [7, 11) is 0. The highest BCUT2D eigenvalue weighted by atomic mass is 16.7. The average Bonchev–Trinajstić information content (AvgIpc) is 3.62. The Morgan fingerprint density at radius 1 is 0.636 bits per heavy atom. The third-order valence-corrected chi connectivity index (χ3v) is 10.1. The van der Waals surface area contributed by atoms with E-state index in [0.717, 1.165) is 79.3 Å². The van der Waals surface area contributed by atoms with Crippen molar-refractivity contribution >= 4 is 40.3 Å². The minimum Gasteiger partial charge on any atom is -0.316 e. The van der Waals surface area contributed by atoms with Gasteiger partial charge in [-0.1, -0.05) is 86.2 Å². The first kappa shape index (κ1) is 39.4. The van der Waals surface area contributed by atoms with Gasteiger partial charge in [-0.15, -0.1) is 0 Å². The maximum atomic E-state index is 13.2. The number of nitrogens with one attached hydrogen (secondary N) is 2. The highest BCUT2D eigenvalue weighted by molar-refractivity contribution is 6.13. The van der Waals surface area contributed by atoms with E-state index >= 15 is 0 Å². The molecule has 2 amide bonds. The Morgan fingerprint density at radius 2 is 1.16 bits per heavy atom. The maximum Gasteiger partial charge on any atom is 0.436 e. The summed E-state index contributed by atoms with van der Waals surface area (Å²) in [6, 6.07) is 23.0. The van der Waals surface area contributed by atoms with E-state index in [1.54, 1.807) is 9.80 Å². The molecule has 0 radical (unpaired) electrons. The molecule has 4 aromatic rings. The maximum absolute atomic E-state index is 13.2. The zero-order valence-corrected chi connectivity index (χ0v) is 32.1. The summed E-state index contributed by atoms with van der Waals surface area (Å²) in [5, 5.41) is 16.4. The molecule has 290 valence electrons. The number of fused-ring (bicyclic) bond motifs is 1. The number of ketones is 1. The SMILES string of the molecule is CCCCC/C(=N\OC(=O)N1CCNCC1)c1ccc2c(c1)c(/C(CCCCC)=N/OC(=O)N1CCNCC1)cn2-c1ccc(C(=O)c2ccccc2)cc1. The number of piperazine rings is 2. The van der Waals surface area contributed by atoms with Gasteiger partial charge in [0.05, 0.1) is 16.9 Å². The number of hydrogen-bond acceptors (Lipinski definition) is 9. The largest absolute Gasteiger partial charge is 0.436 e. The minimum atomic E-state index is -0.464. The smallest absolute Gasteiger partial charge is 0.316 e. The lowest BCUT2D eigenvalue weighted by Gasteiger charge is -2.25. The molecule has 3 aromatic carbocycles. The van der Waals surface area contributed by atoms with Crippen LogP contribution in [0.2, 0.25) is 0 Å². The Morgan fingerprint density at radius 3 is 1.75 bits per heavy atom. The van der Waals surface area contributed by atoms with Crippen LogP contribution in [0, 0.1) is 0 Å². The van der Waals surface area contributed by atoms with Gasteiger partial charge in [-0.25, -0.2) is 9.59 Å². The fraction of sp³-hybridized carbons (Fsp3) is 0.419. The minimum absolute atomic E-state index is 0.0426. The number of unbranched alkanes of at least 4 members (excludes halogenated alkanes) is 4. The Hall–Kier alpha value is -5.33. The molecule has 2 aliphatic rings. The molecular weight excluding hydrogens is 695 g/mol. The van der Waals surface area contributed by atoms with Crippen LogP contribution in [0.1, 0.15) is 92.3 Å². The third-order valence-electron chi connectivity index (χ3n) is 10.1. The van der Waals surface area contributed by atoms with Gasteiger partial charge in [0.15, 0.2) is 5.78 Å². The highest BCUT2D eigenvalue weighted by Crippen LogP contribution is 2.30. The Bertz CT molecular complexity index is 1960. The van der Waals surface area contributed by atoms with Gasteiger partial charge in [0.2, 0.25) is 0 Å². The van der Waals surface area contributed by atoms with Gasteiger partial charge in [0.25, 0.3) is 0 Å². The van der Waals surface area contributed by atoms with Crippen molar-refractivity contribution in [3.8, 4) is 5.69 Å². The van der Waals surface area contributed by atoms with Gasteiger partial charge < -0.3 is 25.0 Å². The normalized spacial score (nSPS) is 15.3. The quantitative estimate of drug-likeness (QED) is 0.0423. The zero-order valence-electron chi connectivity index (χ0n) is 32.1. The highest BCUT2D eigenvalue weighted by Gasteiger charge is 2.22. The molecule has 12 heteroatoms. The van der Waals surface area contributed by atoms with E-state index < -0.39 is 12.2 Å². The van der Waals surface area contributed by atoms with Crippen molar-refractivity contribution in [2.24, 2.45) is 10.3 Å². The van der Waals surface area contributed by atoms with Gasteiger partial charge in [0, 0.05) is 91.9 Å². The standard InChI is InChI=1S/C43H53N7O5/c1-3-5-8-14-38(46-54-42(52)48-26-22-44-23-27-48)34-18-21-40-36(30-34)37(39(15-9-6-4-2)47-55-43(53)49-28-24-45-25-29-49)31-50(40)35-19-16-33(17-20-35)41(51)32-12-10-7-11-13-32/h7,10-13,16-21,30-31,44-45H,3-6,8-9,14-15,22-29H2,1-2H3/b46-38+,47-39+. The fourth-order valence-electron chi connectivity index (χ4n) is 6.94. The Kier molecular flexibility index (Phi) is 14.2. The first-order valence-electron chi connectivity index (χ1n) is 19.8. The molecule has 0 aliphatic carbocycles. The number of aromatic nitrogens is 1. The summed E-state index contributed by atoms with van der Waals surface area (Å²) < 4.78 is 2.08. The molecule has 0 unspecified atom stereocenters. The average molecular weight is 748 g/mol. The summed E-state index contributed by atoms with van der Waals surface area (Å²) in [5.74, 6) is -0.0426. The molecule has 6 rings (SSSR count). The summed E-state index contributed by atoms with van der Waals surface area (Å²) in [4.78, 5) is 53.9. The number of hydrogen-bond donors (Lipinski definition) is 2. The van der Waals surface area contributed by atoms with Crippen LogP contribution < -0.4 is 10.6 Å². The van der Waals surface area contributed by atoms with E-state index in [9.17, 15) is 14.4 Å². The van der Waals surface area contributed by atoms with Gasteiger partial charge in [-0.05, 0) is 62.1 Å². The van der Waals surface area contributed by atoms with Crippen molar-refractivity contribution in [2.75, 3.05) is 52.4 Å². The van der Waals surface area contributed by atoms with Crippen LogP contribution in [-0.4, -0.2) is 96.1 Å². The predicted molar refractivity (Wildman–Crippen MR) is 216 cm³/mol. The number of benzene rings is 3. The topological polar surface area (TPSA) is 130 Å². The molecule has 3 heterocycles. The van der Waals surface area contributed by atoms with Crippen LogP contribution in [0.25, 0.3) is 16.6 Å². The van der Waals surface area contributed by atoms with Gasteiger partial charge in [-0.3, -0.25) is 14.5 Å². The molecule has 2 N–H and O–H groups in total. The molecule has 2 saturated heterocycles. The van der Waals surface area contributed by atoms with E-state index in [2.05, 4.69) is 45.4 Å². The van der Waals surface area contributed by atoms with Crippen LogP contribution >= 0.6 is 0 Å². The molecule has 12 nitrogen and oxygen atoms in total. The fourth-order valence-corrected chi connectivity index (χ4v) is 6.94. The number of amides is 2. The first-order chi connectivity index (χ1) is 27.0. The lowest BCUT2D eigenvalue weighted by Crippen LogP contribution is -2.46. The van der Waals surface area contributed by atoms with Crippen molar-refractivity contribution in [3.63, 3.8) is 0 Å². The van der Waals surface area contributed by atoms with Crippen LogP contribution in [-0.2, 0) is 9.68 Å². The predicted octanol–water partition coefficient (Wildman–Crippen LogP) is 7.51. The number of rotatable bonds is 15. The van der Waals surface area contributed by atoms with Crippen molar-refractivity contribution in [1.29, 1.82) is 0 Å². The molecule has 55 heavy (non-hydrogen) atoms. The van der Waals surface area contributed by atoms with Gasteiger partial charge in [0.1, 0.15) is 0 Å². The van der Waals surface area contributed by atoms with Crippen LogP contribution in [0.4, 0.5) is 9.59 Å². The number of oxime groups is 2. The number of nitrogens with zero attached hydrogens (tertiary/aromatic N) is 5. The second-order valence-corrected chi connectivity index (χ2v) is 14.1. The van der Waals surface area contributed by atoms with E-state index in [1.165, 1.54) is 0 Å². The Balaban J connectivity index is 1.41. The number of carbonyl (C=O) groups excluding carboxylic acids is 3. The van der Waals surface area contributed by atoms with Crippen molar-refractivity contribution < 1.29 is 24.1 Å². The summed E-state index contributed by atoms with van der Waals surface area (Å²) >= 11 is 0. The monoisotopic (exact) mass is 747 g/mol. The van der Waals surface area contributed by atoms with Crippen molar-refractivity contribution in [3.05, 3.63) is 101 Å². The summed E-state index contributed by atoms with van der Waals surface area (Å²) in [6.45, 7) is 9.43. The molecule has 2 fully saturated rings. The summed E-state index contributed by atoms with van der Waals surface area (Å²) in [6.07, 6.45) is 8.21. The lowest BCUT2D eigenvalue weighted by molar-refractivity contribution is 0.0999. The van der Waals surface area contributed by atoms with Crippen LogP contribution in [0.5, 0.6) is 0 Å². The van der Waals surface area contributed by atoms with E-state index in [0.29, 0.717) is 74.7 Å². The second kappa shape index (κ2) is 19.8. The summed E-state index contributed by atoms with van der Waals surface area (Å²) in [5.41, 5.74) is 6.03. The molecule has 0 atom stereocenters. The molecule has 0 bridgehead atoms. The van der Waals surface area contributed by atoms with Crippen molar-refractivity contribution in [1.82, 2.24) is 25.0 Å². The van der Waals surface area contributed by atoms with Crippen molar-refractivity contribution in [2.45, 2.75) is 65.2 Å². The molecule has 1 aromatic heterocycles. The van der Waals surface area contributed by atoms with E-state index in [-0.39, 0.29) is 5.78 Å². The van der Waals surface area contributed by atoms with Gasteiger partial charge >= 0.3 is 12.2 Å². The number of carbonyl (C=O) groups is 3. The zero-order chi connectivity index (χ0) is 38.4. The molecular formula is C43H53N7O5. The molecule has 2 aliphatic heterocycles. The van der Waals surface area contributed by atoms with Crippen LogP contribution in [0.3, 0.4) is 0 Å². The molecule has 0 saturated carbocycles. The second-order valence-electron chi connectivity index (χ2n) is 14.1. The van der Waals surface area contributed by atoms with E-state index in [4.69, 9.17) is 9.68 Å². The van der Waals surface area contributed by atoms with Gasteiger partial charge in [-0.2, -0.15) is 0 Å². The first-order valence-corrected chi connectivity index (χ1v) is 19.8. The van der Waals surface area contributed by atoms with E-state index in [1.807, 2.05) is 72.9 Å². The Labute approximate surface area is 323 Å². The molecule has 0 spiro atoms. The third kappa shape index (κ3) is 10.3. The van der Waals surface area contributed by atoms with Crippen LogP contribution in [0.15, 0.2) is 89.3 Å². The lowest BCUT2D eigenvalue weighted by atomic mass is 9.99.